The topological polar surface area (TPSA) is 81.6 Å². The van der Waals surface area contributed by atoms with Crippen molar-refractivity contribution in [2.24, 2.45) is 0 Å². The second-order valence-corrected chi connectivity index (χ2v) is 5.38. The van der Waals surface area contributed by atoms with Gasteiger partial charge >= 0.3 is 0 Å². The lowest BCUT2D eigenvalue weighted by Crippen LogP contribution is -2.23. The highest BCUT2D eigenvalue weighted by molar-refractivity contribution is 5.96. The van der Waals surface area contributed by atoms with Gasteiger partial charge in [0.15, 0.2) is 5.82 Å². The van der Waals surface area contributed by atoms with Gasteiger partial charge in [0.05, 0.1) is 17.3 Å². The standard InChI is InChI=1S/C17H12N4O/c18-9-10-3-1-6-12(7-10)13-8-14(22)19-17-15(13)16(20-21-17)11-4-2-5-11/h1-7,13H,8H2,(H2,19,20,21,22). The summed E-state index contributed by atoms with van der Waals surface area (Å²) in [4.78, 5) is 12.0. The van der Waals surface area contributed by atoms with Gasteiger partial charge in [-0.15, -0.1) is 0 Å². The Balaban J connectivity index is 1.86. The van der Waals surface area contributed by atoms with Gasteiger partial charge in [0.25, 0.3) is 0 Å². The second-order valence-electron chi connectivity index (χ2n) is 5.38. The highest BCUT2D eigenvalue weighted by Crippen LogP contribution is 2.41. The molecule has 2 heterocycles. The minimum absolute atomic E-state index is 0.0592. The number of carbonyl (C=O) groups is 1. The maximum absolute atomic E-state index is 12.0. The first-order valence-electron chi connectivity index (χ1n) is 7.03. The fourth-order valence-corrected chi connectivity index (χ4v) is 2.94. The normalized spacial score (nSPS) is 18.8. The van der Waals surface area contributed by atoms with E-state index in [2.05, 4.69) is 21.6 Å². The van der Waals surface area contributed by atoms with Crippen LogP contribution in [0.4, 0.5) is 5.82 Å². The van der Waals surface area contributed by atoms with Crippen LogP contribution in [0, 0.1) is 11.3 Å². The van der Waals surface area contributed by atoms with Gasteiger partial charge < -0.3 is 5.32 Å². The summed E-state index contributed by atoms with van der Waals surface area (Å²) in [5.74, 6) is 0.427. The minimum Gasteiger partial charge on any atom is -0.309 e. The molecule has 22 heavy (non-hydrogen) atoms. The molecule has 106 valence electrons. The highest BCUT2D eigenvalue weighted by Gasteiger charge is 2.32. The largest absolute Gasteiger partial charge is 0.309 e. The molecule has 0 radical (unpaired) electrons. The second kappa shape index (κ2) is 4.71. The van der Waals surface area contributed by atoms with Crippen LogP contribution in [0.25, 0.3) is 5.57 Å². The molecule has 4 rings (SSSR count). The fourth-order valence-electron chi connectivity index (χ4n) is 2.94. The number of anilines is 1. The van der Waals surface area contributed by atoms with Gasteiger partial charge in [0, 0.05) is 17.9 Å². The van der Waals surface area contributed by atoms with Crippen LogP contribution in [-0.4, -0.2) is 16.1 Å². The van der Waals surface area contributed by atoms with Gasteiger partial charge in [0.1, 0.15) is 0 Å². The molecule has 5 heteroatoms. The molecule has 2 N–H and O–H groups in total. The van der Waals surface area contributed by atoms with E-state index in [9.17, 15) is 4.79 Å². The van der Waals surface area contributed by atoms with E-state index in [1.807, 2.05) is 36.4 Å². The number of allylic oxidation sites excluding steroid dienone is 4. The number of rotatable bonds is 2. The van der Waals surface area contributed by atoms with Crippen LogP contribution in [0.3, 0.4) is 0 Å². The molecule has 2 aromatic rings. The summed E-state index contributed by atoms with van der Waals surface area (Å²) in [5, 5.41) is 19.2. The molecule has 1 amide bonds. The third-order valence-electron chi connectivity index (χ3n) is 4.06. The number of hydrogen-bond acceptors (Lipinski definition) is 3. The van der Waals surface area contributed by atoms with Crippen LogP contribution < -0.4 is 5.32 Å². The zero-order valence-corrected chi connectivity index (χ0v) is 11.6. The molecular weight excluding hydrogens is 276 g/mol. The number of nitrogens with one attached hydrogen (secondary N) is 2. The summed E-state index contributed by atoms with van der Waals surface area (Å²) in [5.41, 5.74) is 4.56. The third-order valence-corrected chi connectivity index (χ3v) is 4.06. The number of nitriles is 1. The maximum Gasteiger partial charge on any atom is 0.226 e. The van der Waals surface area contributed by atoms with Crippen LogP contribution in [0.15, 0.2) is 42.5 Å². The van der Waals surface area contributed by atoms with E-state index in [0.29, 0.717) is 17.8 Å². The van der Waals surface area contributed by atoms with Crippen molar-refractivity contribution in [3.63, 3.8) is 0 Å². The van der Waals surface area contributed by atoms with Crippen molar-refractivity contribution in [1.82, 2.24) is 10.2 Å². The Hall–Kier alpha value is -3.13. The van der Waals surface area contributed by atoms with Crippen LogP contribution >= 0.6 is 0 Å². The summed E-state index contributed by atoms with van der Waals surface area (Å²) in [6.45, 7) is 0. The van der Waals surface area contributed by atoms with Crippen molar-refractivity contribution in [2.45, 2.75) is 12.3 Å². The van der Waals surface area contributed by atoms with Crippen LogP contribution in [0.2, 0.25) is 0 Å². The molecule has 0 fully saturated rings. The lowest BCUT2D eigenvalue weighted by molar-refractivity contribution is -0.116. The Bertz CT molecular complexity index is 882. The number of H-pyrrole nitrogens is 1. The number of aromatic nitrogens is 2. The van der Waals surface area contributed by atoms with E-state index < -0.39 is 0 Å². The van der Waals surface area contributed by atoms with E-state index in [1.54, 1.807) is 6.07 Å². The number of aromatic amines is 1. The van der Waals surface area contributed by atoms with Crippen molar-refractivity contribution < 1.29 is 4.79 Å². The molecule has 1 unspecified atom stereocenters. The van der Waals surface area contributed by atoms with Gasteiger partial charge in [-0.3, -0.25) is 9.89 Å². The zero-order chi connectivity index (χ0) is 15.1. The molecule has 1 aromatic carbocycles. The molecule has 2 aliphatic rings. The number of amides is 1. The molecule has 5 nitrogen and oxygen atoms in total. The Morgan fingerprint density at radius 3 is 2.95 bits per heavy atom. The van der Waals surface area contributed by atoms with E-state index >= 15 is 0 Å². The average molecular weight is 288 g/mol. The van der Waals surface area contributed by atoms with Gasteiger partial charge in [-0.05, 0) is 23.3 Å². The fraction of sp³-hybridized carbons (Fsp3) is 0.118. The summed E-state index contributed by atoms with van der Waals surface area (Å²) in [6, 6.07) is 9.56. The molecule has 1 aromatic heterocycles. The van der Waals surface area contributed by atoms with Crippen molar-refractivity contribution >= 4 is 17.3 Å². The first kappa shape index (κ1) is 12.6. The first-order valence-corrected chi connectivity index (χ1v) is 7.03. The van der Waals surface area contributed by atoms with Crippen molar-refractivity contribution in [1.29, 1.82) is 5.26 Å². The maximum atomic E-state index is 12.0. The lowest BCUT2D eigenvalue weighted by Gasteiger charge is -2.24. The summed E-state index contributed by atoms with van der Waals surface area (Å²) >= 11 is 0. The molecular formula is C17H12N4O. The van der Waals surface area contributed by atoms with Crippen LogP contribution in [-0.2, 0) is 4.79 Å². The SMILES string of the molecule is N#Cc1cccc(C2CC(=O)Nc3n[nH]c(C4=CC=C4)c32)c1. The molecule has 0 saturated heterocycles. The number of hydrogen-bond donors (Lipinski definition) is 2. The number of carbonyl (C=O) groups excluding carboxylic acids is 1. The highest BCUT2D eigenvalue weighted by atomic mass is 16.1. The van der Waals surface area contributed by atoms with E-state index in [4.69, 9.17) is 5.26 Å². The Morgan fingerprint density at radius 1 is 1.36 bits per heavy atom. The summed E-state index contributed by atoms with van der Waals surface area (Å²) < 4.78 is 0. The predicted octanol–water partition coefficient (Wildman–Crippen LogP) is 2.71. The van der Waals surface area contributed by atoms with Gasteiger partial charge in [-0.2, -0.15) is 10.4 Å². The van der Waals surface area contributed by atoms with Gasteiger partial charge in [0.2, 0.25) is 5.91 Å². The minimum atomic E-state index is -0.0966. The Kier molecular flexibility index (Phi) is 2.70. The molecule has 0 saturated carbocycles. The first-order chi connectivity index (χ1) is 10.8. The van der Waals surface area contributed by atoms with Crippen LogP contribution in [0.1, 0.15) is 34.7 Å². The zero-order valence-electron chi connectivity index (χ0n) is 11.6. The summed E-state index contributed by atoms with van der Waals surface area (Å²) in [6.07, 6.45) is 6.33. The van der Waals surface area contributed by atoms with Gasteiger partial charge in [-0.1, -0.05) is 30.4 Å². The number of nitrogens with zero attached hydrogens (tertiary/aromatic N) is 2. The predicted molar refractivity (Wildman–Crippen MR) is 82.0 cm³/mol. The number of benzene rings is 1. The molecule has 1 aliphatic carbocycles. The Labute approximate surface area is 127 Å². The van der Waals surface area contributed by atoms with Crippen molar-refractivity contribution in [3.05, 3.63) is 64.9 Å². The van der Waals surface area contributed by atoms with E-state index in [-0.39, 0.29) is 11.8 Å². The monoisotopic (exact) mass is 288 g/mol. The number of fused-ring (bicyclic) bond motifs is 1. The quantitative estimate of drug-likeness (QED) is 0.891. The van der Waals surface area contributed by atoms with Crippen molar-refractivity contribution in [3.8, 4) is 6.07 Å². The smallest absolute Gasteiger partial charge is 0.226 e. The lowest BCUT2D eigenvalue weighted by atomic mass is 9.83. The summed E-state index contributed by atoms with van der Waals surface area (Å²) in [7, 11) is 0. The van der Waals surface area contributed by atoms with E-state index in [0.717, 1.165) is 22.4 Å². The van der Waals surface area contributed by atoms with Crippen LogP contribution in [0.5, 0.6) is 0 Å². The van der Waals surface area contributed by atoms with E-state index in [1.165, 1.54) is 0 Å². The Morgan fingerprint density at radius 2 is 2.23 bits per heavy atom. The molecule has 0 spiro atoms. The molecule has 0 bridgehead atoms. The average Bonchev–Trinajstić information content (AvgIpc) is 2.88. The molecule has 1 atom stereocenters. The molecule has 1 aliphatic heterocycles. The van der Waals surface area contributed by atoms with Gasteiger partial charge in [-0.25, -0.2) is 0 Å². The third kappa shape index (κ3) is 1.85. The van der Waals surface area contributed by atoms with Crippen molar-refractivity contribution in [2.75, 3.05) is 5.32 Å².